The lowest BCUT2D eigenvalue weighted by molar-refractivity contribution is 0.0715. The van der Waals surface area contributed by atoms with E-state index < -0.39 is 0 Å². The minimum absolute atomic E-state index is 0.0388. The summed E-state index contributed by atoms with van der Waals surface area (Å²) in [6, 6.07) is 5.45. The number of aromatic nitrogens is 3. The van der Waals surface area contributed by atoms with Gasteiger partial charge in [-0.05, 0) is 44.0 Å². The number of nitrogens with one attached hydrogen (secondary N) is 1. The van der Waals surface area contributed by atoms with Crippen LogP contribution >= 0.6 is 0 Å². The third kappa shape index (κ3) is 3.76. The zero-order valence-corrected chi connectivity index (χ0v) is 13.9. The van der Waals surface area contributed by atoms with Gasteiger partial charge in [0.05, 0.1) is 5.56 Å². The van der Waals surface area contributed by atoms with Crippen molar-refractivity contribution in [3.05, 3.63) is 54.4 Å². The maximum absolute atomic E-state index is 12.7. The third-order valence-electron chi connectivity index (χ3n) is 4.57. The second kappa shape index (κ2) is 7.97. The van der Waals surface area contributed by atoms with E-state index in [0.29, 0.717) is 18.0 Å². The van der Waals surface area contributed by atoms with Gasteiger partial charge in [-0.1, -0.05) is 0 Å². The van der Waals surface area contributed by atoms with Crippen LogP contribution in [0, 0.1) is 5.92 Å². The minimum atomic E-state index is 0.0388. The average molecular weight is 325 g/mol. The quantitative estimate of drug-likeness (QED) is 0.906. The van der Waals surface area contributed by atoms with Crippen LogP contribution in [0.5, 0.6) is 0 Å². The van der Waals surface area contributed by atoms with E-state index in [2.05, 4.69) is 20.3 Å². The normalized spacial score (nSPS) is 20.5. The van der Waals surface area contributed by atoms with E-state index in [1.165, 1.54) is 0 Å². The molecule has 1 saturated heterocycles. The molecule has 3 heterocycles. The van der Waals surface area contributed by atoms with Gasteiger partial charge in [0.25, 0.3) is 5.91 Å². The Morgan fingerprint density at radius 2 is 2.12 bits per heavy atom. The molecule has 2 unspecified atom stereocenters. The van der Waals surface area contributed by atoms with Crippen molar-refractivity contribution in [1.29, 1.82) is 0 Å². The molecule has 1 aliphatic heterocycles. The molecule has 1 N–H and O–H groups in total. The van der Waals surface area contributed by atoms with Gasteiger partial charge in [0.15, 0.2) is 0 Å². The highest BCUT2D eigenvalue weighted by Crippen LogP contribution is 2.28. The summed E-state index contributed by atoms with van der Waals surface area (Å²) in [5.74, 6) is 1.49. The largest absolute Gasteiger partial charge is 0.339 e. The summed E-state index contributed by atoms with van der Waals surface area (Å²) in [5, 5.41) is 3.42. The van der Waals surface area contributed by atoms with E-state index in [-0.39, 0.29) is 11.8 Å². The molecule has 0 saturated carbocycles. The first-order valence-corrected chi connectivity index (χ1v) is 8.46. The lowest BCUT2D eigenvalue weighted by Crippen LogP contribution is -2.43. The Morgan fingerprint density at radius 1 is 1.29 bits per heavy atom. The SMILES string of the molecule is CCN(CC1CCNCC1c1ncccn1)C(=O)c1cccnc1. The molecule has 0 bridgehead atoms. The number of piperidine rings is 1. The van der Waals surface area contributed by atoms with Crippen LogP contribution in [0.3, 0.4) is 0 Å². The van der Waals surface area contributed by atoms with Crippen molar-refractivity contribution in [2.45, 2.75) is 19.3 Å². The molecular weight excluding hydrogens is 302 g/mol. The Labute approximate surface area is 142 Å². The number of hydrogen-bond donors (Lipinski definition) is 1. The fourth-order valence-corrected chi connectivity index (χ4v) is 3.25. The van der Waals surface area contributed by atoms with Crippen LogP contribution in [0.15, 0.2) is 43.0 Å². The van der Waals surface area contributed by atoms with E-state index in [4.69, 9.17) is 0 Å². The van der Waals surface area contributed by atoms with Crippen molar-refractivity contribution in [3.63, 3.8) is 0 Å². The first kappa shape index (κ1) is 16.5. The summed E-state index contributed by atoms with van der Waals surface area (Å²) in [4.78, 5) is 27.5. The van der Waals surface area contributed by atoms with Gasteiger partial charge in [0, 0.05) is 50.3 Å². The number of carbonyl (C=O) groups is 1. The fraction of sp³-hybridized carbons (Fsp3) is 0.444. The van der Waals surface area contributed by atoms with Gasteiger partial charge >= 0.3 is 0 Å². The molecule has 0 aromatic carbocycles. The number of hydrogen-bond acceptors (Lipinski definition) is 5. The van der Waals surface area contributed by atoms with Crippen molar-refractivity contribution in [3.8, 4) is 0 Å². The van der Waals surface area contributed by atoms with Crippen molar-refractivity contribution in [1.82, 2.24) is 25.2 Å². The van der Waals surface area contributed by atoms with Crippen LogP contribution in [0.2, 0.25) is 0 Å². The molecule has 1 fully saturated rings. The standard InChI is InChI=1S/C18H23N5O/c1-2-23(18(24)14-5-3-7-19-11-14)13-15-6-10-20-12-16(15)17-21-8-4-9-22-17/h3-5,7-9,11,15-16,20H,2,6,10,12-13H2,1H3. The number of pyridine rings is 1. The molecule has 2 aromatic rings. The van der Waals surface area contributed by atoms with Gasteiger partial charge in [-0.15, -0.1) is 0 Å². The Morgan fingerprint density at radius 3 is 2.83 bits per heavy atom. The first-order valence-electron chi connectivity index (χ1n) is 8.46. The smallest absolute Gasteiger partial charge is 0.255 e. The van der Waals surface area contributed by atoms with Crippen molar-refractivity contribution < 1.29 is 4.79 Å². The molecule has 24 heavy (non-hydrogen) atoms. The summed E-state index contributed by atoms with van der Waals surface area (Å²) in [6.07, 6.45) is 7.90. The fourth-order valence-electron chi connectivity index (χ4n) is 3.25. The third-order valence-corrected chi connectivity index (χ3v) is 4.57. The minimum Gasteiger partial charge on any atom is -0.339 e. The highest BCUT2D eigenvalue weighted by molar-refractivity contribution is 5.93. The molecule has 0 spiro atoms. The molecule has 2 atom stereocenters. The Hall–Kier alpha value is -2.34. The Bertz CT molecular complexity index is 649. The maximum Gasteiger partial charge on any atom is 0.255 e. The molecule has 1 aliphatic rings. The number of nitrogens with zero attached hydrogens (tertiary/aromatic N) is 4. The van der Waals surface area contributed by atoms with Gasteiger partial charge in [-0.2, -0.15) is 0 Å². The second-order valence-corrected chi connectivity index (χ2v) is 6.05. The zero-order valence-electron chi connectivity index (χ0n) is 13.9. The van der Waals surface area contributed by atoms with Gasteiger partial charge in [0.2, 0.25) is 0 Å². The molecule has 0 aliphatic carbocycles. The van der Waals surface area contributed by atoms with E-state index >= 15 is 0 Å². The average Bonchev–Trinajstić information content (AvgIpc) is 2.67. The van der Waals surface area contributed by atoms with Crippen LogP contribution < -0.4 is 5.32 Å². The van der Waals surface area contributed by atoms with Crippen LogP contribution in [-0.4, -0.2) is 51.9 Å². The number of rotatable bonds is 5. The van der Waals surface area contributed by atoms with Crippen molar-refractivity contribution >= 4 is 5.91 Å². The number of amides is 1. The topological polar surface area (TPSA) is 71.0 Å². The van der Waals surface area contributed by atoms with Crippen LogP contribution in [-0.2, 0) is 0 Å². The summed E-state index contributed by atoms with van der Waals surface area (Å²) in [6.45, 7) is 5.23. The van der Waals surface area contributed by atoms with Crippen LogP contribution in [0.4, 0.5) is 0 Å². The van der Waals surface area contributed by atoms with Crippen molar-refractivity contribution in [2.24, 2.45) is 5.92 Å². The molecule has 2 aromatic heterocycles. The second-order valence-electron chi connectivity index (χ2n) is 6.05. The highest BCUT2D eigenvalue weighted by Gasteiger charge is 2.31. The van der Waals surface area contributed by atoms with Gasteiger partial charge in [-0.25, -0.2) is 9.97 Å². The molecule has 0 radical (unpaired) electrons. The van der Waals surface area contributed by atoms with Crippen LogP contribution in [0.1, 0.15) is 35.4 Å². The summed E-state index contributed by atoms with van der Waals surface area (Å²) < 4.78 is 0. The Kier molecular flexibility index (Phi) is 5.48. The van der Waals surface area contributed by atoms with Crippen molar-refractivity contribution in [2.75, 3.05) is 26.2 Å². The molecule has 6 nitrogen and oxygen atoms in total. The Balaban J connectivity index is 1.75. The lowest BCUT2D eigenvalue weighted by atomic mass is 9.85. The van der Waals surface area contributed by atoms with E-state index in [1.54, 1.807) is 30.9 Å². The monoisotopic (exact) mass is 325 g/mol. The maximum atomic E-state index is 12.7. The predicted molar refractivity (Wildman–Crippen MR) is 91.6 cm³/mol. The molecule has 6 heteroatoms. The predicted octanol–water partition coefficient (Wildman–Crippen LogP) is 1.73. The molecular formula is C18H23N5O. The highest BCUT2D eigenvalue weighted by atomic mass is 16.2. The summed E-state index contributed by atoms with van der Waals surface area (Å²) >= 11 is 0. The van der Waals surface area contributed by atoms with Crippen LogP contribution in [0.25, 0.3) is 0 Å². The summed E-state index contributed by atoms with van der Waals surface area (Å²) in [7, 11) is 0. The lowest BCUT2D eigenvalue weighted by Gasteiger charge is -2.35. The molecule has 126 valence electrons. The van der Waals surface area contributed by atoms with Gasteiger partial charge in [-0.3, -0.25) is 9.78 Å². The first-order chi connectivity index (χ1) is 11.8. The molecule has 1 amide bonds. The number of carbonyl (C=O) groups excluding carboxylic acids is 1. The van der Waals surface area contributed by atoms with E-state index in [1.807, 2.05) is 24.0 Å². The summed E-state index contributed by atoms with van der Waals surface area (Å²) in [5.41, 5.74) is 0.640. The zero-order chi connectivity index (χ0) is 16.8. The molecule has 3 rings (SSSR count). The van der Waals surface area contributed by atoms with E-state index in [0.717, 1.165) is 31.9 Å². The van der Waals surface area contributed by atoms with Gasteiger partial charge in [0.1, 0.15) is 5.82 Å². The van der Waals surface area contributed by atoms with E-state index in [9.17, 15) is 4.79 Å². The van der Waals surface area contributed by atoms with Gasteiger partial charge < -0.3 is 10.2 Å².